The monoisotopic (exact) mass is 452 g/mol. The van der Waals surface area contributed by atoms with E-state index in [2.05, 4.69) is 15.3 Å². The highest BCUT2D eigenvalue weighted by molar-refractivity contribution is 14.0. The highest BCUT2D eigenvalue weighted by atomic mass is 127. The van der Waals surface area contributed by atoms with Crippen molar-refractivity contribution in [3.8, 4) is 0 Å². The molecule has 23 heavy (non-hydrogen) atoms. The summed E-state index contributed by atoms with van der Waals surface area (Å²) in [6, 6.07) is 3.99. The molecule has 1 aromatic heterocycles. The highest BCUT2D eigenvalue weighted by Gasteiger charge is 2.40. The summed E-state index contributed by atoms with van der Waals surface area (Å²) < 4.78 is 23.4. The topological polar surface area (TPSA) is 74.7 Å². The van der Waals surface area contributed by atoms with Crippen LogP contribution in [0.5, 0.6) is 0 Å². The molecule has 0 aliphatic carbocycles. The van der Waals surface area contributed by atoms with Crippen molar-refractivity contribution in [1.29, 1.82) is 0 Å². The molecule has 0 amide bonds. The molecular formula is C15H25IN4O2S. The van der Waals surface area contributed by atoms with Gasteiger partial charge in [-0.05, 0) is 32.4 Å². The van der Waals surface area contributed by atoms with E-state index in [9.17, 15) is 8.42 Å². The number of hydrogen-bond acceptors (Lipinski definition) is 4. The molecular weight excluding hydrogens is 427 g/mol. The first-order valence-corrected chi connectivity index (χ1v) is 9.00. The van der Waals surface area contributed by atoms with Gasteiger partial charge in [-0.15, -0.1) is 24.0 Å². The van der Waals surface area contributed by atoms with Gasteiger partial charge in [0.05, 0.1) is 10.5 Å². The molecule has 1 aliphatic heterocycles. The maximum absolute atomic E-state index is 12.1. The van der Waals surface area contributed by atoms with E-state index in [1.54, 1.807) is 20.9 Å². The molecule has 1 aromatic rings. The fourth-order valence-electron chi connectivity index (χ4n) is 2.44. The van der Waals surface area contributed by atoms with Crippen LogP contribution < -0.4 is 5.32 Å². The minimum atomic E-state index is -3.04. The Labute approximate surface area is 155 Å². The zero-order chi connectivity index (χ0) is 16.4. The molecule has 2 heterocycles. The maximum atomic E-state index is 12.1. The van der Waals surface area contributed by atoms with E-state index in [0.717, 1.165) is 17.2 Å². The minimum Gasteiger partial charge on any atom is -0.352 e. The van der Waals surface area contributed by atoms with Crippen molar-refractivity contribution in [2.24, 2.45) is 4.99 Å². The lowest BCUT2D eigenvalue weighted by Crippen LogP contribution is -2.57. The Morgan fingerprint density at radius 2 is 2.13 bits per heavy atom. The lowest BCUT2D eigenvalue weighted by Gasteiger charge is -2.39. The summed E-state index contributed by atoms with van der Waals surface area (Å²) in [4.78, 5) is 10.5. The largest absolute Gasteiger partial charge is 0.352 e. The molecule has 0 saturated carbocycles. The van der Waals surface area contributed by atoms with Crippen LogP contribution in [0.1, 0.15) is 25.1 Å². The number of sulfone groups is 1. The number of rotatable bonds is 2. The predicted octanol–water partition coefficient (Wildman–Crippen LogP) is 1.59. The van der Waals surface area contributed by atoms with Gasteiger partial charge in [-0.3, -0.25) is 9.98 Å². The first kappa shape index (κ1) is 20.1. The zero-order valence-corrected chi connectivity index (χ0v) is 17.2. The molecule has 0 spiro atoms. The Bertz CT molecular complexity index is 657. The third kappa shape index (κ3) is 4.79. The van der Waals surface area contributed by atoms with Crippen LogP contribution in [0.4, 0.5) is 0 Å². The van der Waals surface area contributed by atoms with Gasteiger partial charge in [-0.2, -0.15) is 0 Å². The van der Waals surface area contributed by atoms with Gasteiger partial charge in [-0.25, -0.2) is 8.42 Å². The molecule has 130 valence electrons. The lowest BCUT2D eigenvalue weighted by atomic mass is 10.2. The quantitative estimate of drug-likeness (QED) is 0.419. The molecule has 1 fully saturated rings. The minimum absolute atomic E-state index is 0. The van der Waals surface area contributed by atoms with E-state index in [-0.39, 0.29) is 29.7 Å². The van der Waals surface area contributed by atoms with Gasteiger partial charge in [0.2, 0.25) is 0 Å². The third-order valence-corrected chi connectivity index (χ3v) is 6.51. The van der Waals surface area contributed by atoms with E-state index in [0.29, 0.717) is 19.6 Å². The molecule has 0 unspecified atom stereocenters. The van der Waals surface area contributed by atoms with E-state index < -0.39 is 14.6 Å². The number of nitrogens with zero attached hydrogens (tertiary/aromatic N) is 3. The molecule has 2 rings (SSSR count). The number of halogens is 1. The van der Waals surface area contributed by atoms with E-state index in [1.165, 1.54) is 0 Å². The van der Waals surface area contributed by atoms with Crippen LogP contribution in [0, 0.1) is 6.92 Å². The number of aryl methyl sites for hydroxylation is 1. The summed E-state index contributed by atoms with van der Waals surface area (Å²) in [6.07, 6.45) is 1.83. The average Bonchev–Trinajstić information content (AvgIpc) is 2.45. The van der Waals surface area contributed by atoms with Crippen molar-refractivity contribution < 1.29 is 8.42 Å². The van der Waals surface area contributed by atoms with Crippen molar-refractivity contribution in [2.75, 3.05) is 25.9 Å². The summed E-state index contributed by atoms with van der Waals surface area (Å²) in [5, 5.41) is 3.28. The summed E-state index contributed by atoms with van der Waals surface area (Å²) in [5.74, 6) is 0.885. The second kappa shape index (κ2) is 7.78. The fraction of sp³-hybridized carbons (Fsp3) is 0.600. The van der Waals surface area contributed by atoms with Gasteiger partial charge >= 0.3 is 0 Å². The molecule has 1 aliphatic rings. The van der Waals surface area contributed by atoms with Crippen LogP contribution in [-0.2, 0) is 16.4 Å². The number of pyridine rings is 1. The smallest absolute Gasteiger partial charge is 0.193 e. The Kier molecular flexibility index (Phi) is 6.81. The summed E-state index contributed by atoms with van der Waals surface area (Å²) >= 11 is 0. The van der Waals surface area contributed by atoms with Crippen molar-refractivity contribution >= 4 is 39.8 Å². The normalized spacial score (nSPS) is 19.8. The van der Waals surface area contributed by atoms with Gasteiger partial charge < -0.3 is 10.2 Å². The maximum Gasteiger partial charge on any atom is 0.193 e. The molecule has 0 aromatic carbocycles. The number of aliphatic imine (C=N–C) groups is 1. The Balaban J connectivity index is 0.00000264. The number of aromatic nitrogens is 1. The standard InChI is InChI=1S/C15H24N4O2S.HI/c1-12-5-6-13(9-17-12)10-18-14(16-4)19-7-8-22(20,21)15(2,3)11-19;/h5-6,9H,7-8,10-11H2,1-4H3,(H,16,18);1H. The Morgan fingerprint density at radius 1 is 1.43 bits per heavy atom. The van der Waals surface area contributed by atoms with Crippen LogP contribution in [0.25, 0.3) is 0 Å². The number of guanidine groups is 1. The van der Waals surface area contributed by atoms with Gasteiger partial charge in [0.15, 0.2) is 15.8 Å². The van der Waals surface area contributed by atoms with Crippen molar-refractivity contribution in [2.45, 2.75) is 32.1 Å². The summed E-state index contributed by atoms with van der Waals surface area (Å²) in [7, 11) is -1.33. The second-order valence-electron chi connectivity index (χ2n) is 6.21. The van der Waals surface area contributed by atoms with E-state index >= 15 is 0 Å². The molecule has 1 N–H and O–H groups in total. The third-order valence-electron chi connectivity index (χ3n) is 3.98. The molecule has 8 heteroatoms. The van der Waals surface area contributed by atoms with Crippen LogP contribution in [0.2, 0.25) is 0 Å². The van der Waals surface area contributed by atoms with E-state index in [1.807, 2.05) is 30.2 Å². The number of nitrogens with one attached hydrogen (secondary N) is 1. The van der Waals surface area contributed by atoms with Crippen LogP contribution >= 0.6 is 24.0 Å². The summed E-state index contributed by atoms with van der Waals surface area (Å²) in [6.45, 7) is 7.02. The van der Waals surface area contributed by atoms with Crippen LogP contribution in [0.3, 0.4) is 0 Å². The first-order chi connectivity index (χ1) is 10.2. The SMILES string of the molecule is CN=C(NCc1ccc(C)nc1)N1CCS(=O)(=O)C(C)(C)C1.I. The van der Waals surface area contributed by atoms with Crippen LogP contribution in [0.15, 0.2) is 23.3 Å². The van der Waals surface area contributed by atoms with Crippen molar-refractivity contribution in [1.82, 2.24) is 15.2 Å². The van der Waals surface area contributed by atoms with E-state index in [4.69, 9.17) is 0 Å². The molecule has 0 radical (unpaired) electrons. The van der Waals surface area contributed by atoms with Gasteiger partial charge in [0.25, 0.3) is 0 Å². The molecule has 1 saturated heterocycles. The molecule has 0 atom stereocenters. The van der Waals surface area contributed by atoms with Gasteiger partial charge in [-0.1, -0.05) is 6.07 Å². The second-order valence-corrected chi connectivity index (χ2v) is 8.95. The zero-order valence-electron chi connectivity index (χ0n) is 14.0. The molecule has 0 bridgehead atoms. The average molecular weight is 452 g/mol. The summed E-state index contributed by atoms with van der Waals surface area (Å²) in [5.41, 5.74) is 2.05. The Morgan fingerprint density at radius 3 is 2.65 bits per heavy atom. The van der Waals surface area contributed by atoms with Gasteiger partial charge in [0, 0.05) is 38.6 Å². The number of hydrogen-bond donors (Lipinski definition) is 1. The highest BCUT2D eigenvalue weighted by Crippen LogP contribution is 2.23. The van der Waals surface area contributed by atoms with Crippen molar-refractivity contribution in [3.63, 3.8) is 0 Å². The van der Waals surface area contributed by atoms with Crippen molar-refractivity contribution in [3.05, 3.63) is 29.6 Å². The predicted molar refractivity (Wildman–Crippen MR) is 104 cm³/mol. The first-order valence-electron chi connectivity index (χ1n) is 7.34. The molecule has 6 nitrogen and oxygen atoms in total. The Hall–Kier alpha value is -0.900. The van der Waals surface area contributed by atoms with Crippen LogP contribution in [-0.4, -0.2) is 54.9 Å². The fourth-order valence-corrected chi connectivity index (χ4v) is 3.81. The van der Waals surface area contributed by atoms with Gasteiger partial charge in [0.1, 0.15) is 0 Å². The lowest BCUT2D eigenvalue weighted by molar-refractivity contribution is 0.353.